The summed E-state index contributed by atoms with van der Waals surface area (Å²) >= 11 is 0. The molecule has 0 saturated heterocycles. The third kappa shape index (κ3) is 2.92. The lowest BCUT2D eigenvalue weighted by Crippen LogP contribution is -2.12. The first-order valence-electron chi connectivity index (χ1n) is 8.84. The smallest absolute Gasteiger partial charge is 0.201 e. The topological polar surface area (TPSA) is 35.5 Å². The summed E-state index contributed by atoms with van der Waals surface area (Å²) in [7, 11) is 1.63. The minimum absolute atomic E-state index is 0.00694. The van der Waals surface area contributed by atoms with Crippen LogP contribution in [0.4, 0.5) is 0 Å². The standard InChI is InChI=1S/C22H26O3/c1-12(2)17-11-16-7-8-25-21(16)19(22(17)24-6)20(23)18-14(4)9-13(3)10-15(18)5/h9-12H,7-8H2,1-6H3. The van der Waals surface area contributed by atoms with Crippen LogP contribution in [0.1, 0.15) is 63.5 Å². The van der Waals surface area contributed by atoms with E-state index in [0.717, 1.165) is 39.8 Å². The van der Waals surface area contributed by atoms with Crippen LogP contribution in [0.3, 0.4) is 0 Å². The maximum absolute atomic E-state index is 13.6. The molecule has 0 aromatic heterocycles. The van der Waals surface area contributed by atoms with E-state index in [-0.39, 0.29) is 11.7 Å². The third-order valence-corrected chi connectivity index (χ3v) is 4.91. The van der Waals surface area contributed by atoms with E-state index < -0.39 is 0 Å². The van der Waals surface area contributed by atoms with Gasteiger partial charge in [-0.1, -0.05) is 31.5 Å². The summed E-state index contributed by atoms with van der Waals surface area (Å²) in [6.07, 6.45) is 0.838. The number of hydrogen-bond acceptors (Lipinski definition) is 3. The van der Waals surface area contributed by atoms with Crippen LogP contribution in [0, 0.1) is 20.8 Å². The van der Waals surface area contributed by atoms with E-state index in [1.165, 1.54) is 0 Å². The summed E-state index contributed by atoms with van der Waals surface area (Å²) < 4.78 is 11.6. The molecule has 2 aromatic carbocycles. The number of hydrogen-bond donors (Lipinski definition) is 0. The van der Waals surface area contributed by atoms with Gasteiger partial charge in [-0.25, -0.2) is 0 Å². The number of methoxy groups -OCH3 is 1. The van der Waals surface area contributed by atoms with Gasteiger partial charge < -0.3 is 9.47 Å². The summed E-state index contributed by atoms with van der Waals surface area (Å²) in [5.41, 5.74) is 6.65. The Balaban J connectivity index is 2.28. The Kier molecular flexibility index (Phi) is 4.59. The van der Waals surface area contributed by atoms with Crippen LogP contribution in [0.2, 0.25) is 0 Å². The Hall–Kier alpha value is -2.29. The van der Waals surface area contributed by atoms with Gasteiger partial charge in [-0.2, -0.15) is 0 Å². The normalized spacial score (nSPS) is 12.9. The number of ether oxygens (including phenoxy) is 2. The molecule has 1 heterocycles. The first-order chi connectivity index (χ1) is 11.8. The van der Waals surface area contributed by atoms with E-state index in [9.17, 15) is 4.79 Å². The predicted molar refractivity (Wildman–Crippen MR) is 100 cm³/mol. The number of benzene rings is 2. The van der Waals surface area contributed by atoms with Crippen molar-refractivity contribution in [1.29, 1.82) is 0 Å². The molecule has 0 atom stereocenters. The van der Waals surface area contributed by atoms with Crippen molar-refractivity contribution in [2.75, 3.05) is 13.7 Å². The van der Waals surface area contributed by atoms with Crippen molar-refractivity contribution in [1.82, 2.24) is 0 Å². The number of aryl methyl sites for hydroxylation is 3. The Morgan fingerprint density at radius 1 is 1.08 bits per heavy atom. The summed E-state index contributed by atoms with van der Waals surface area (Å²) in [5, 5.41) is 0. The van der Waals surface area contributed by atoms with Gasteiger partial charge in [0.25, 0.3) is 0 Å². The lowest BCUT2D eigenvalue weighted by atomic mass is 9.88. The van der Waals surface area contributed by atoms with Crippen LogP contribution in [-0.4, -0.2) is 19.5 Å². The predicted octanol–water partition coefficient (Wildman–Crippen LogP) is 4.91. The number of rotatable bonds is 4. The molecule has 1 aliphatic heterocycles. The maximum Gasteiger partial charge on any atom is 0.201 e. The van der Waals surface area contributed by atoms with Crippen molar-refractivity contribution in [3.05, 3.63) is 57.1 Å². The van der Waals surface area contributed by atoms with Gasteiger partial charge in [0, 0.05) is 12.0 Å². The van der Waals surface area contributed by atoms with Crippen molar-refractivity contribution < 1.29 is 14.3 Å². The van der Waals surface area contributed by atoms with Gasteiger partial charge in [0.2, 0.25) is 5.78 Å². The van der Waals surface area contributed by atoms with Crippen molar-refractivity contribution in [2.45, 2.75) is 47.0 Å². The van der Waals surface area contributed by atoms with Crippen LogP contribution < -0.4 is 9.47 Å². The first kappa shape index (κ1) is 17.5. The van der Waals surface area contributed by atoms with Gasteiger partial charge in [-0.3, -0.25) is 4.79 Å². The number of carbonyl (C=O) groups is 1. The maximum atomic E-state index is 13.6. The Morgan fingerprint density at radius 3 is 2.28 bits per heavy atom. The van der Waals surface area contributed by atoms with E-state index in [2.05, 4.69) is 39.0 Å². The van der Waals surface area contributed by atoms with Gasteiger partial charge in [-0.05, 0) is 55.0 Å². The molecule has 3 heteroatoms. The van der Waals surface area contributed by atoms with Gasteiger partial charge in [0.05, 0.1) is 13.7 Å². The Labute approximate surface area is 150 Å². The fourth-order valence-electron chi connectivity index (χ4n) is 3.86. The van der Waals surface area contributed by atoms with E-state index in [1.54, 1.807) is 7.11 Å². The van der Waals surface area contributed by atoms with Crippen LogP contribution in [0.25, 0.3) is 0 Å². The first-order valence-corrected chi connectivity index (χ1v) is 8.84. The molecule has 3 nitrogen and oxygen atoms in total. The average molecular weight is 338 g/mol. The number of carbonyl (C=O) groups excluding carboxylic acids is 1. The molecule has 2 aromatic rings. The molecule has 0 spiro atoms. The molecule has 0 aliphatic carbocycles. The zero-order valence-electron chi connectivity index (χ0n) is 15.9. The largest absolute Gasteiger partial charge is 0.496 e. The van der Waals surface area contributed by atoms with Gasteiger partial charge in [0.1, 0.15) is 17.1 Å². The molecule has 25 heavy (non-hydrogen) atoms. The zero-order chi connectivity index (χ0) is 18.3. The minimum Gasteiger partial charge on any atom is -0.496 e. The molecule has 0 amide bonds. The number of ketones is 1. The van der Waals surface area contributed by atoms with E-state index in [4.69, 9.17) is 9.47 Å². The summed E-state index contributed by atoms with van der Waals surface area (Å²) in [6.45, 7) is 10.9. The second kappa shape index (κ2) is 6.55. The van der Waals surface area contributed by atoms with Gasteiger partial charge in [0.15, 0.2) is 0 Å². The molecule has 0 N–H and O–H groups in total. The SMILES string of the molecule is COc1c(C(C)C)cc2c(c1C(=O)c1c(C)cc(C)cc1C)OCC2. The lowest BCUT2D eigenvalue weighted by Gasteiger charge is -2.20. The van der Waals surface area contributed by atoms with Crippen LogP contribution >= 0.6 is 0 Å². The molecule has 3 rings (SSSR count). The van der Waals surface area contributed by atoms with Crippen LogP contribution in [0.15, 0.2) is 18.2 Å². The van der Waals surface area contributed by atoms with E-state index in [0.29, 0.717) is 23.7 Å². The molecule has 0 unspecified atom stereocenters. The summed E-state index contributed by atoms with van der Waals surface area (Å²) in [4.78, 5) is 13.6. The lowest BCUT2D eigenvalue weighted by molar-refractivity contribution is 0.103. The van der Waals surface area contributed by atoms with Gasteiger partial charge in [-0.15, -0.1) is 0 Å². The molecular formula is C22H26O3. The van der Waals surface area contributed by atoms with Crippen molar-refractivity contribution in [3.63, 3.8) is 0 Å². The average Bonchev–Trinajstić information content (AvgIpc) is 2.99. The minimum atomic E-state index is -0.00694. The third-order valence-electron chi connectivity index (χ3n) is 4.91. The van der Waals surface area contributed by atoms with Gasteiger partial charge >= 0.3 is 0 Å². The second-order valence-corrected chi connectivity index (χ2v) is 7.22. The van der Waals surface area contributed by atoms with Crippen molar-refractivity contribution in [3.8, 4) is 11.5 Å². The van der Waals surface area contributed by atoms with Crippen molar-refractivity contribution >= 4 is 5.78 Å². The molecule has 0 radical (unpaired) electrons. The molecule has 0 fully saturated rings. The highest BCUT2D eigenvalue weighted by Gasteiger charge is 2.30. The highest BCUT2D eigenvalue weighted by atomic mass is 16.5. The number of fused-ring (bicyclic) bond motifs is 1. The molecule has 1 aliphatic rings. The molecule has 0 saturated carbocycles. The quantitative estimate of drug-likeness (QED) is 0.743. The molecule has 132 valence electrons. The van der Waals surface area contributed by atoms with E-state index >= 15 is 0 Å². The summed E-state index contributed by atoms with van der Waals surface area (Å²) in [6, 6.07) is 6.25. The van der Waals surface area contributed by atoms with Crippen LogP contribution in [0.5, 0.6) is 11.5 Å². The van der Waals surface area contributed by atoms with Crippen molar-refractivity contribution in [2.24, 2.45) is 0 Å². The monoisotopic (exact) mass is 338 g/mol. The second-order valence-electron chi connectivity index (χ2n) is 7.22. The fraction of sp³-hybridized carbons (Fsp3) is 0.409. The Morgan fingerprint density at radius 2 is 1.72 bits per heavy atom. The Bertz CT molecular complexity index is 824. The molecule has 0 bridgehead atoms. The highest BCUT2D eigenvalue weighted by Crippen LogP contribution is 2.43. The fourth-order valence-corrected chi connectivity index (χ4v) is 3.86. The summed E-state index contributed by atoms with van der Waals surface area (Å²) in [5.74, 6) is 1.62. The molecular weight excluding hydrogens is 312 g/mol. The highest BCUT2D eigenvalue weighted by molar-refractivity contribution is 6.14. The zero-order valence-corrected chi connectivity index (χ0v) is 15.9. The van der Waals surface area contributed by atoms with Crippen LogP contribution in [-0.2, 0) is 6.42 Å². The van der Waals surface area contributed by atoms with E-state index in [1.807, 2.05) is 13.8 Å².